The molecule has 3 N–H and O–H groups in total. The smallest absolute Gasteiger partial charge is 0.227 e. The van der Waals surface area contributed by atoms with Crippen LogP contribution in [0.5, 0.6) is 5.75 Å². The molecule has 0 aliphatic heterocycles. The number of amides is 1. The van der Waals surface area contributed by atoms with Crippen LogP contribution in [0.3, 0.4) is 0 Å². The number of guanidine groups is 1. The number of carbonyl (C=O) groups excluding carboxylic acids is 1. The molecule has 0 aliphatic carbocycles. The first-order valence-corrected chi connectivity index (χ1v) is 8.43. The first-order valence-electron chi connectivity index (χ1n) is 8.43. The van der Waals surface area contributed by atoms with Gasteiger partial charge in [-0.1, -0.05) is 6.07 Å². The number of rotatable bonds is 8. The van der Waals surface area contributed by atoms with E-state index in [4.69, 9.17) is 4.74 Å². The van der Waals surface area contributed by atoms with Crippen molar-refractivity contribution < 1.29 is 13.9 Å². The Hall–Kier alpha value is -1.58. The molecule has 0 bridgehead atoms. The summed E-state index contributed by atoms with van der Waals surface area (Å²) >= 11 is 0. The van der Waals surface area contributed by atoms with Gasteiger partial charge in [-0.3, -0.25) is 9.79 Å². The van der Waals surface area contributed by atoms with Crippen LogP contribution < -0.4 is 20.7 Å². The van der Waals surface area contributed by atoms with Crippen molar-refractivity contribution in [2.45, 2.75) is 33.8 Å². The first kappa shape index (κ1) is 24.4. The molecule has 1 atom stereocenters. The van der Waals surface area contributed by atoms with Crippen molar-refractivity contribution >= 4 is 35.8 Å². The van der Waals surface area contributed by atoms with Crippen LogP contribution >= 0.6 is 24.0 Å². The highest BCUT2D eigenvalue weighted by molar-refractivity contribution is 14.0. The molecule has 1 aromatic rings. The third-order valence-electron chi connectivity index (χ3n) is 3.56. The molecule has 1 aromatic carbocycles. The summed E-state index contributed by atoms with van der Waals surface area (Å²) in [4.78, 5) is 16.1. The Morgan fingerprint density at radius 3 is 2.58 bits per heavy atom. The van der Waals surface area contributed by atoms with Crippen LogP contribution in [-0.4, -0.2) is 44.7 Å². The molecule has 0 spiro atoms. The largest absolute Gasteiger partial charge is 0.489 e. The van der Waals surface area contributed by atoms with Gasteiger partial charge < -0.3 is 20.7 Å². The fourth-order valence-electron chi connectivity index (χ4n) is 2.06. The van der Waals surface area contributed by atoms with Crippen molar-refractivity contribution in [2.24, 2.45) is 10.4 Å². The number of hydrogen-bond donors (Lipinski definition) is 3. The topological polar surface area (TPSA) is 74.8 Å². The van der Waals surface area contributed by atoms with E-state index in [0.717, 1.165) is 0 Å². The molecule has 1 unspecified atom stereocenters. The highest BCUT2D eigenvalue weighted by Gasteiger charge is 2.27. The van der Waals surface area contributed by atoms with Crippen LogP contribution in [0.2, 0.25) is 0 Å². The molecular formula is C18H30FIN4O2. The van der Waals surface area contributed by atoms with Crippen LogP contribution in [0.1, 0.15) is 27.7 Å². The van der Waals surface area contributed by atoms with Gasteiger partial charge in [0, 0.05) is 26.2 Å². The Kier molecular flexibility index (Phi) is 11.2. The van der Waals surface area contributed by atoms with Crippen molar-refractivity contribution in [3.05, 3.63) is 30.1 Å². The monoisotopic (exact) mass is 480 g/mol. The van der Waals surface area contributed by atoms with Crippen LogP contribution in [0.25, 0.3) is 0 Å². The van der Waals surface area contributed by atoms with Gasteiger partial charge in [0.2, 0.25) is 5.91 Å². The van der Waals surface area contributed by atoms with E-state index in [-0.39, 0.29) is 41.8 Å². The average Bonchev–Trinajstić information content (AvgIpc) is 2.55. The van der Waals surface area contributed by atoms with Gasteiger partial charge in [-0.2, -0.15) is 0 Å². The number of halogens is 2. The Balaban J connectivity index is 0.00000625. The van der Waals surface area contributed by atoms with Crippen molar-refractivity contribution in [1.29, 1.82) is 0 Å². The molecule has 0 saturated heterocycles. The van der Waals surface area contributed by atoms with Gasteiger partial charge in [0.15, 0.2) is 5.96 Å². The third kappa shape index (κ3) is 8.68. The summed E-state index contributed by atoms with van der Waals surface area (Å²) in [6.07, 6.45) is -0.184. The summed E-state index contributed by atoms with van der Waals surface area (Å²) < 4.78 is 18.8. The van der Waals surface area contributed by atoms with Gasteiger partial charge >= 0.3 is 0 Å². The highest BCUT2D eigenvalue weighted by Crippen LogP contribution is 2.14. The zero-order valence-corrected chi connectivity index (χ0v) is 18.4. The summed E-state index contributed by atoms with van der Waals surface area (Å²) in [5.41, 5.74) is -0.558. The van der Waals surface area contributed by atoms with E-state index in [1.165, 1.54) is 12.1 Å². The summed E-state index contributed by atoms with van der Waals surface area (Å²) in [5, 5.41) is 9.10. The predicted molar refractivity (Wildman–Crippen MR) is 114 cm³/mol. The van der Waals surface area contributed by atoms with Gasteiger partial charge in [-0.05, 0) is 39.8 Å². The van der Waals surface area contributed by atoms with Crippen molar-refractivity contribution in [3.63, 3.8) is 0 Å². The molecule has 1 rings (SSSR count). The van der Waals surface area contributed by atoms with Gasteiger partial charge in [0.05, 0.1) is 12.0 Å². The van der Waals surface area contributed by atoms with Crippen molar-refractivity contribution in [3.8, 4) is 5.75 Å². The Morgan fingerprint density at radius 1 is 1.31 bits per heavy atom. The number of nitrogens with one attached hydrogen (secondary N) is 3. The van der Waals surface area contributed by atoms with E-state index in [0.29, 0.717) is 31.3 Å². The molecule has 6 nitrogen and oxygen atoms in total. The SMILES string of the molecule is CCNC(=O)C(C)(C)CNC(=NC)NCC(C)Oc1cccc(F)c1.I. The Bertz CT molecular complexity index is 596. The second kappa shape index (κ2) is 11.9. The number of aliphatic imine (C=N–C) groups is 1. The number of nitrogens with zero attached hydrogens (tertiary/aromatic N) is 1. The van der Waals surface area contributed by atoms with Crippen LogP contribution in [0.15, 0.2) is 29.3 Å². The molecule has 0 heterocycles. The molecule has 0 aliphatic rings. The third-order valence-corrected chi connectivity index (χ3v) is 3.56. The molecular weight excluding hydrogens is 450 g/mol. The van der Waals surface area contributed by atoms with Crippen molar-refractivity contribution in [2.75, 3.05) is 26.7 Å². The second-order valence-corrected chi connectivity index (χ2v) is 6.44. The van der Waals surface area contributed by atoms with Gasteiger partial charge in [0.25, 0.3) is 0 Å². The minimum atomic E-state index is -0.558. The van der Waals surface area contributed by atoms with Gasteiger partial charge in [-0.15, -0.1) is 24.0 Å². The fraction of sp³-hybridized carbons (Fsp3) is 0.556. The van der Waals surface area contributed by atoms with E-state index in [1.807, 2.05) is 27.7 Å². The zero-order valence-electron chi connectivity index (χ0n) is 16.1. The number of benzene rings is 1. The normalized spacial score (nSPS) is 12.6. The summed E-state index contributed by atoms with van der Waals surface area (Å²) in [7, 11) is 1.66. The van der Waals surface area contributed by atoms with Crippen LogP contribution in [0, 0.1) is 11.2 Å². The van der Waals surface area contributed by atoms with Gasteiger partial charge in [0.1, 0.15) is 17.7 Å². The molecule has 1 amide bonds. The van der Waals surface area contributed by atoms with Crippen LogP contribution in [0.4, 0.5) is 4.39 Å². The quantitative estimate of drug-likeness (QED) is 0.304. The van der Waals surface area contributed by atoms with E-state index in [1.54, 1.807) is 19.2 Å². The average molecular weight is 480 g/mol. The molecule has 0 fully saturated rings. The lowest BCUT2D eigenvalue weighted by molar-refractivity contribution is -0.128. The first-order chi connectivity index (χ1) is 11.8. The number of hydrogen-bond acceptors (Lipinski definition) is 3. The molecule has 8 heteroatoms. The maximum Gasteiger partial charge on any atom is 0.227 e. The minimum Gasteiger partial charge on any atom is -0.489 e. The maximum atomic E-state index is 13.2. The Labute approximate surface area is 172 Å². The fourth-order valence-corrected chi connectivity index (χ4v) is 2.06. The molecule has 0 aromatic heterocycles. The number of carbonyl (C=O) groups is 1. The second-order valence-electron chi connectivity index (χ2n) is 6.44. The molecule has 148 valence electrons. The lowest BCUT2D eigenvalue weighted by atomic mass is 9.92. The van der Waals surface area contributed by atoms with Gasteiger partial charge in [-0.25, -0.2) is 4.39 Å². The minimum absolute atomic E-state index is 0. The summed E-state index contributed by atoms with van der Waals surface area (Å²) in [6, 6.07) is 6.03. The van der Waals surface area contributed by atoms with E-state index < -0.39 is 5.41 Å². The molecule has 0 saturated carbocycles. The van der Waals surface area contributed by atoms with Crippen molar-refractivity contribution in [1.82, 2.24) is 16.0 Å². The maximum absolute atomic E-state index is 13.2. The Morgan fingerprint density at radius 2 is 2.00 bits per heavy atom. The van der Waals surface area contributed by atoms with Crippen LogP contribution in [-0.2, 0) is 4.79 Å². The van der Waals surface area contributed by atoms with E-state index in [9.17, 15) is 9.18 Å². The predicted octanol–water partition coefficient (Wildman–Crippen LogP) is 2.54. The zero-order chi connectivity index (χ0) is 18.9. The number of ether oxygens (including phenoxy) is 1. The summed E-state index contributed by atoms with van der Waals surface area (Å²) in [6.45, 7) is 9.03. The van der Waals surface area contributed by atoms with E-state index in [2.05, 4.69) is 20.9 Å². The highest BCUT2D eigenvalue weighted by atomic mass is 127. The molecule has 0 radical (unpaired) electrons. The summed E-state index contributed by atoms with van der Waals surface area (Å²) in [5.74, 6) is 0.713. The molecule has 26 heavy (non-hydrogen) atoms. The standard InChI is InChI=1S/C18H29FN4O2.HI/c1-6-21-16(24)18(3,4)12-23-17(20-5)22-11-13(2)25-15-9-7-8-14(19)10-15;/h7-10,13H,6,11-12H2,1-5H3,(H,21,24)(H2,20,22,23);1H. The van der Waals surface area contributed by atoms with E-state index >= 15 is 0 Å². The lowest BCUT2D eigenvalue weighted by Crippen LogP contribution is -2.49. The lowest BCUT2D eigenvalue weighted by Gasteiger charge is -2.25.